The van der Waals surface area contributed by atoms with E-state index in [-0.39, 0.29) is 10.9 Å². The van der Waals surface area contributed by atoms with Crippen molar-refractivity contribution in [1.82, 2.24) is 0 Å². The second-order valence-electron chi connectivity index (χ2n) is 4.38. The van der Waals surface area contributed by atoms with Gasteiger partial charge in [0.25, 0.3) is 0 Å². The van der Waals surface area contributed by atoms with E-state index in [4.69, 9.17) is 0 Å². The van der Waals surface area contributed by atoms with Gasteiger partial charge >= 0.3 is 0 Å². The minimum Gasteiger partial charge on any atom is -0.285 e. The zero-order valence-corrected chi connectivity index (χ0v) is 8.06. The van der Waals surface area contributed by atoms with Gasteiger partial charge in [-0.3, -0.25) is 9.59 Å². The summed E-state index contributed by atoms with van der Waals surface area (Å²) >= 11 is 0. The second kappa shape index (κ2) is 2.66. The third-order valence-corrected chi connectivity index (χ3v) is 3.61. The van der Waals surface area contributed by atoms with Crippen LogP contribution in [-0.4, -0.2) is 0 Å². The molecule has 0 heterocycles. The highest BCUT2D eigenvalue weighted by atomic mass is 16.2. The molecule has 0 spiro atoms. The number of allylic oxidation sites excluding steroid dienone is 2. The minimum atomic E-state index is -0.211. The Morgan fingerprint density at radius 2 is 1.14 bits per heavy atom. The summed E-state index contributed by atoms with van der Waals surface area (Å²) in [7, 11) is 0. The van der Waals surface area contributed by atoms with Gasteiger partial charge in [0.2, 0.25) is 10.9 Å². The van der Waals surface area contributed by atoms with E-state index in [0.29, 0.717) is 0 Å². The van der Waals surface area contributed by atoms with Crippen LogP contribution in [0.1, 0.15) is 36.8 Å². The van der Waals surface area contributed by atoms with E-state index in [1.807, 2.05) is 0 Å². The molecule has 1 aromatic rings. The molecule has 0 radical (unpaired) electrons. The van der Waals surface area contributed by atoms with Crippen LogP contribution in [-0.2, 0) is 12.8 Å². The number of fused-ring (bicyclic) bond motifs is 1. The maximum absolute atomic E-state index is 11.2. The van der Waals surface area contributed by atoms with Crippen molar-refractivity contribution in [2.24, 2.45) is 0 Å². The van der Waals surface area contributed by atoms with Gasteiger partial charge in [0.1, 0.15) is 0 Å². The Kier molecular flexibility index (Phi) is 1.55. The van der Waals surface area contributed by atoms with Crippen LogP contribution in [0.4, 0.5) is 0 Å². The zero-order valence-electron chi connectivity index (χ0n) is 8.06. The van der Waals surface area contributed by atoms with E-state index < -0.39 is 0 Å². The Balaban J connectivity index is 2.05. The number of rotatable bonds is 0. The predicted molar refractivity (Wildman–Crippen MR) is 54.3 cm³/mol. The largest absolute Gasteiger partial charge is 0.285 e. The molecule has 3 rings (SSSR count). The molecule has 72 valence electrons. The molecule has 0 amide bonds. The molecular formula is C12H12O2. The normalized spacial score (nSPS) is 20.9. The average Bonchev–Trinajstić information content (AvgIpc) is 2.26. The lowest BCUT2D eigenvalue weighted by atomic mass is 9.77. The lowest BCUT2D eigenvalue weighted by molar-refractivity contribution is 0.630. The smallest absolute Gasteiger partial charge is 0.229 e. The molecule has 0 unspecified atom stereocenters. The van der Waals surface area contributed by atoms with Gasteiger partial charge < -0.3 is 0 Å². The van der Waals surface area contributed by atoms with E-state index >= 15 is 0 Å². The standard InChI is InChI=1S/C12H12O2/c13-11-9-5-7-3-1-2-4-8(7)6-10(9)12(11)14/h1-6H2. The quantitative estimate of drug-likeness (QED) is 0.453. The molecule has 1 aromatic carbocycles. The van der Waals surface area contributed by atoms with E-state index in [9.17, 15) is 9.59 Å². The average molecular weight is 188 g/mol. The molecule has 14 heavy (non-hydrogen) atoms. The molecule has 2 aliphatic rings. The first kappa shape index (κ1) is 8.16. The fourth-order valence-corrected chi connectivity index (χ4v) is 2.74. The van der Waals surface area contributed by atoms with E-state index in [1.165, 1.54) is 24.0 Å². The lowest BCUT2D eigenvalue weighted by Gasteiger charge is -2.27. The maximum Gasteiger partial charge on any atom is 0.229 e. The van der Waals surface area contributed by atoms with Crippen molar-refractivity contribution in [2.75, 3.05) is 0 Å². The summed E-state index contributed by atoms with van der Waals surface area (Å²) in [4.78, 5) is 22.5. The van der Waals surface area contributed by atoms with Crippen molar-refractivity contribution in [3.05, 3.63) is 42.7 Å². The summed E-state index contributed by atoms with van der Waals surface area (Å²) in [5.41, 5.74) is 4.15. The van der Waals surface area contributed by atoms with Gasteiger partial charge in [0.05, 0.1) is 0 Å². The first-order chi connectivity index (χ1) is 6.77. The van der Waals surface area contributed by atoms with Gasteiger partial charge in [0, 0.05) is 11.1 Å². The molecule has 0 bridgehead atoms. The molecule has 2 aliphatic carbocycles. The molecule has 2 nitrogen and oxygen atoms in total. The molecule has 0 atom stereocenters. The first-order valence-electron chi connectivity index (χ1n) is 5.28. The highest BCUT2D eigenvalue weighted by Gasteiger charge is 2.28. The molecule has 0 saturated heterocycles. The van der Waals surface area contributed by atoms with Gasteiger partial charge in [-0.15, -0.1) is 0 Å². The van der Waals surface area contributed by atoms with Crippen LogP contribution in [0, 0.1) is 0 Å². The first-order valence-corrected chi connectivity index (χ1v) is 5.28. The summed E-state index contributed by atoms with van der Waals surface area (Å²) in [5.74, 6) is 0. The Morgan fingerprint density at radius 1 is 0.714 bits per heavy atom. The van der Waals surface area contributed by atoms with Crippen molar-refractivity contribution in [3.8, 4) is 0 Å². The molecule has 0 N–H and O–H groups in total. The molecule has 0 saturated carbocycles. The molecule has 0 aliphatic heterocycles. The zero-order chi connectivity index (χ0) is 9.71. The van der Waals surface area contributed by atoms with Crippen molar-refractivity contribution < 1.29 is 0 Å². The van der Waals surface area contributed by atoms with Gasteiger partial charge in [0.15, 0.2) is 0 Å². The molecule has 0 aromatic heterocycles. The monoisotopic (exact) mass is 188 g/mol. The predicted octanol–water partition coefficient (Wildman–Crippen LogP) is 1.25. The lowest BCUT2D eigenvalue weighted by Crippen LogP contribution is -2.42. The maximum atomic E-state index is 11.2. The Morgan fingerprint density at radius 3 is 1.57 bits per heavy atom. The third-order valence-electron chi connectivity index (χ3n) is 3.61. The van der Waals surface area contributed by atoms with E-state index in [1.54, 1.807) is 0 Å². The van der Waals surface area contributed by atoms with Crippen molar-refractivity contribution in [1.29, 1.82) is 0 Å². The molecular weight excluding hydrogens is 176 g/mol. The summed E-state index contributed by atoms with van der Waals surface area (Å²) in [6, 6.07) is 0. The second-order valence-corrected chi connectivity index (χ2v) is 4.38. The van der Waals surface area contributed by atoms with Crippen LogP contribution in [0.25, 0.3) is 0 Å². The van der Waals surface area contributed by atoms with Crippen LogP contribution in [0.5, 0.6) is 0 Å². The van der Waals surface area contributed by atoms with Crippen LogP contribution in [0.2, 0.25) is 0 Å². The van der Waals surface area contributed by atoms with Gasteiger partial charge in [-0.1, -0.05) is 11.1 Å². The topological polar surface area (TPSA) is 34.1 Å². The Bertz CT molecular complexity index is 453. The van der Waals surface area contributed by atoms with Crippen LogP contribution in [0.3, 0.4) is 0 Å². The van der Waals surface area contributed by atoms with Gasteiger partial charge in [-0.05, 0) is 38.5 Å². The Hall–Kier alpha value is -1.18. The van der Waals surface area contributed by atoms with E-state index in [0.717, 1.165) is 36.8 Å². The van der Waals surface area contributed by atoms with Crippen LogP contribution in [0.15, 0.2) is 20.7 Å². The van der Waals surface area contributed by atoms with Gasteiger partial charge in [-0.25, -0.2) is 0 Å². The summed E-state index contributed by atoms with van der Waals surface area (Å²) in [6.45, 7) is 0. The number of hydrogen-bond donors (Lipinski definition) is 0. The molecule has 2 heteroatoms. The summed E-state index contributed by atoms with van der Waals surface area (Å²) < 4.78 is 0. The summed E-state index contributed by atoms with van der Waals surface area (Å²) in [6.07, 6.45) is 6.37. The third kappa shape index (κ3) is 0.912. The minimum absolute atomic E-state index is 0.211. The Labute approximate surface area is 82.0 Å². The van der Waals surface area contributed by atoms with E-state index in [2.05, 4.69) is 0 Å². The molecule has 0 fully saturated rings. The van der Waals surface area contributed by atoms with Crippen molar-refractivity contribution >= 4 is 0 Å². The highest BCUT2D eigenvalue weighted by Crippen LogP contribution is 2.33. The van der Waals surface area contributed by atoms with Crippen LogP contribution < -0.4 is 10.9 Å². The highest BCUT2D eigenvalue weighted by molar-refractivity contribution is 5.44. The number of hydrogen-bond acceptors (Lipinski definition) is 2. The fourth-order valence-electron chi connectivity index (χ4n) is 2.74. The van der Waals surface area contributed by atoms with Crippen LogP contribution >= 0.6 is 0 Å². The van der Waals surface area contributed by atoms with Crippen molar-refractivity contribution in [2.45, 2.75) is 38.5 Å². The SMILES string of the molecule is O=c1c2c(c1=O)CC1=C(CCCC1)C2. The van der Waals surface area contributed by atoms with Gasteiger partial charge in [-0.2, -0.15) is 0 Å². The van der Waals surface area contributed by atoms with Crippen molar-refractivity contribution in [3.63, 3.8) is 0 Å². The fraction of sp³-hybridized carbons (Fsp3) is 0.500. The summed E-state index contributed by atoms with van der Waals surface area (Å²) in [5, 5.41) is 0.